The summed E-state index contributed by atoms with van der Waals surface area (Å²) in [6, 6.07) is 11.8. The molecule has 154 valence electrons. The number of rotatable bonds is 5. The number of amides is 1. The van der Waals surface area contributed by atoms with E-state index in [0.717, 1.165) is 20.9 Å². The Kier molecular flexibility index (Phi) is 6.69. The maximum Gasteiger partial charge on any atom is 0.277 e. The average molecular weight is 523 g/mol. The van der Waals surface area contributed by atoms with Crippen LogP contribution in [-0.2, 0) is 4.79 Å². The topological polar surface area (TPSA) is 53.9 Å². The molecule has 0 spiro atoms. The van der Waals surface area contributed by atoms with E-state index >= 15 is 0 Å². The molecule has 1 atom stereocenters. The molecule has 1 heterocycles. The van der Waals surface area contributed by atoms with E-state index in [1.807, 2.05) is 18.2 Å². The zero-order valence-electron chi connectivity index (χ0n) is 17.0. The van der Waals surface area contributed by atoms with Gasteiger partial charge in [-0.1, -0.05) is 28.9 Å². The maximum absolute atomic E-state index is 12.0. The predicted octanol–water partition coefficient (Wildman–Crippen LogP) is 5.46. The van der Waals surface area contributed by atoms with Crippen LogP contribution >= 0.6 is 31.9 Å². The van der Waals surface area contributed by atoms with Crippen LogP contribution in [0.1, 0.15) is 44.2 Å². The number of fused-ring (bicyclic) bond motifs is 1. The van der Waals surface area contributed by atoms with Crippen LogP contribution < -0.4 is 15.1 Å². The molecule has 2 aromatic carbocycles. The number of carbonyl (C=O) groups excluding carboxylic acids is 1. The van der Waals surface area contributed by atoms with Crippen LogP contribution in [0.3, 0.4) is 0 Å². The van der Waals surface area contributed by atoms with Crippen LogP contribution in [0.2, 0.25) is 0 Å². The number of anilines is 1. The number of hydrogen-bond acceptors (Lipinski definition) is 4. The lowest BCUT2D eigenvalue weighted by molar-refractivity contribution is -0.123. The summed E-state index contributed by atoms with van der Waals surface area (Å²) in [4.78, 5) is 14.3. The van der Waals surface area contributed by atoms with E-state index in [0.29, 0.717) is 11.7 Å². The SMILES string of the molecule is CC1CC(C)(C)N(C)c2ccc(/C=N/NC(=O)COc3ccc(Br)cc3Br)cc21. The van der Waals surface area contributed by atoms with Crippen molar-refractivity contribution in [2.45, 2.75) is 38.6 Å². The van der Waals surface area contributed by atoms with Crippen molar-refractivity contribution in [3.63, 3.8) is 0 Å². The highest BCUT2D eigenvalue weighted by Crippen LogP contribution is 2.42. The molecule has 0 aliphatic carbocycles. The first-order valence-corrected chi connectivity index (χ1v) is 11.0. The molecule has 2 aromatic rings. The Morgan fingerprint density at radius 3 is 2.79 bits per heavy atom. The lowest BCUT2D eigenvalue weighted by Crippen LogP contribution is -2.45. The molecule has 1 N–H and O–H groups in total. The van der Waals surface area contributed by atoms with Gasteiger partial charge in [-0.05, 0) is 83.6 Å². The van der Waals surface area contributed by atoms with Crippen LogP contribution in [0.4, 0.5) is 5.69 Å². The van der Waals surface area contributed by atoms with Gasteiger partial charge in [-0.15, -0.1) is 0 Å². The highest BCUT2D eigenvalue weighted by atomic mass is 79.9. The highest BCUT2D eigenvalue weighted by molar-refractivity contribution is 9.11. The monoisotopic (exact) mass is 521 g/mol. The number of hydrogen-bond donors (Lipinski definition) is 1. The standard InChI is InChI=1S/C22H25Br2N3O2/c1-14-11-22(2,3)27(4)19-7-5-15(9-17(14)19)12-25-26-21(28)13-29-20-8-6-16(23)10-18(20)24/h5-10,12,14H,11,13H2,1-4H3,(H,26,28)/b25-12+. The van der Waals surface area contributed by atoms with Crippen molar-refractivity contribution in [2.24, 2.45) is 5.10 Å². The first-order valence-electron chi connectivity index (χ1n) is 9.45. The zero-order valence-corrected chi connectivity index (χ0v) is 20.2. The molecule has 0 radical (unpaired) electrons. The minimum absolute atomic E-state index is 0.112. The largest absolute Gasteiger partial charge is 0.483 e. The number of carbonyl (C=O) groups is 1. The molecule has 1 amide bonds. The fourth-order valence-corrected chi connectivity index (χ4v) is 4.78. The Hall–Kier alpha value is -1.86. The second kappa shape index (κ2) is 8.88. The first-order chi connectivity index (χ1) is 13.7. The molecule has 0 saturated heterocycles. The zero-order chi connectivity index (χ0) is 21.2. The number of nitrogens with one attached hydrogen (secondary N) is 1. The van der Waals surface area contributed by atoms with Crippen LogP contribution in [0.5, 0.6) is 5.75 Å². The minimum Gasteiger partial charge on any atom is -0.483 e. The molecular formula is C22H25Br2N3O2. The lowest BCUT2D eigenvalue weighted by Gasteiger charge is -2.45. The summed E-state index contributed by atoms with van der Waals surface area (Å²) in [5, 5.41) is 4.07. The third-order valence-corrected chi connectivity index (χ3v) is 6.43. The van der Waals surface area contributed by atoms with Crippen LogP contribution in [0, 0.1) is 0 Å². The number of nitrogens with zero attached hydrogens (tertiary/aromatic N) is 2. The van der Waals surface area contributed by atoms with E-state index in [2.05, 4.69) is 87.2 Å². The summed E-state index contributed by atoms with van der Waals surface area (Å²) in [5.41, 5.74) is 6.18. The fraction of sp³-hybridized carbons (Fsp3) is 0.364. The van der Waals surface area contributed by atoms with Crippen molar-refractivity contribution < 1.29 is 9.53 Å². The summed E-state index contributed by atoms with van der Waals surface area (Å²) >= 11 is 6.79. The molecule has 0 bridgehead atoms. The summed E-state index contributed by atoms with van der Waals surface area (Å²) in [6.45, 7) is 6.69. The summed E-state index contributed by atoms with van der Waals surface area (Å²) in [7, 11) is 2.14. The van der Waals surface area contributed by atoms with Crippen molar-refractivity contribution >= 4 is 49.7 Å². The molecule has 3 rings (SSSR count). The Balaban J connectivity index is 1.59. The molecule has 0 saturated carbocycles. The van der Waals surface area contributed by atoms with E-state index in [1.54, 1.807) is 12.3 Å². The van der Waals surface area contributed by atoms with E-state index in [9.17, 15) is 4.79 Å². The predicted molar refractivity (Wildman–Crippen MR) is 125 cm³/mol. The van der Waals surface area contributed by atoms with Crippen molar-refractivity contribution in [2.75, 3.05) is 18.6 Å². The van der Waals surface area contributed by atoms with Gasteiger partial charge < -0.3 is 9.64 Å². The van der Waals surface area contributed by atoms with Crippen LogP contribution in [-0.4, -0.2) is 31.3 Å². The van der Waals surface area contributed by atoms with E-state index in [-0.39, 0.29) is 18.1 Å². The maximum atomic E-state index is 12.0. The van der Waals surface area contributed by atoms with Crippen molar-refractivity contribution in [1.29, 1.82) is 0 Å². The van der Waals surface area contributed by atoms with E-state index in [1.165, 1.54) is 11.3 Å². The van der Waals surface area contributed by atoms with E-state index in [4.69, 9.17) is 4.74 Å². The lowest BCUT2D eigenvalue weighted by atomic mass is 9.80. The molecule has 1 aliphatic heterocycles. The fourth-order valence-electron chi connectivity index (χ4n) is 3.62. The Bertz CT molecular complexity index is 944. The Labute approximate surface area is 188 Å². The Morgan fingerprint density at radius 2 is 2.07 bits per heavy atom. The van der Waals surface area contributed by atoms with Gasteiger partial charge in [-0.25, -0.2) is 5.43 Å². The number of ether oxygens (including phenoxy) is 1. The van der Waals surface area contributed by atoms with Crippen LogP contribution in [0.15, 0.2) is 50.4 Å². The van der Waals surface area contributed by atoms with Gasteiger partial charge in [-0.2, -0.15) is 5.10 Å². The van der Waals surface area contributed by atoms with Gasteiger partial charge in [0.25, 0.3) is 5.91 Å². The third-order valence-electron chi connectivity index (χ3n) is 5.31. The molecule has 5 nitrogen and oxygen atoms in total. The first kappa shape index (κ1) is 21.8. The average Bonchev–Trinajstić information content (AvgIpc) is 2.65. The van der Waals surface area contributed by atoms with Crippen molar-refractivity contribution in [3.8, 4) is 5.75 Å². The highest BCUT2D eigenvalue weighted by Gasteiger charge is 2.33. The number of benzene rings is 2. The molecular weight excluding hydrogens is 498 g/mol. The molecule has 1 aliphatic rings. The van der Waals surface area contributed by atoms with Crippen LogP contribution in [0.25, 0.3) is 0 Å². The van der Waals surface area contributed by atoms with Gasteiger partial charge in [0.2, 0.25) is 0 Å². The Morgan fingerprint density at radius 1 is 1.31 bits per heavy atom. The number of hydrazone groups is 1. The summed E-state index contributed by atoms with van der Waals surface area (Å²) < 4.78 is 7.22. The number of halogens is 2. The van der Waals surface area contributed by atoms with Crippen molar-refractivity contribution in [1.82, 2.24) is 5.43 Å². The normalized spacial score (nSPS) is 17.9. The molecule has 1 unspecified atom stereocenters. The second-order valence-corrected chi connectivity index (χ2v) is 9.72. The minimum atomic E-state index is -0.316. The second-order valence-electron chi connectivity index (χ2n) is 7.95. The molecule has 7 heteroatoms. The molecule has 0 aromatic heterocycles. The molecule has 0 fully saturated rings. The van der Waals surface area contributed by atoms with Gasteiger partial charge in [0.15, 0.2) is 6.61 Å². The van der Waals surface area contributed by atoms with Gasteiger partial charge in [0, 0.05) is 22.7 Å². The summed E-state index contributed by atoms with van der Waals surface area (Å²) in [6.07, 6.45) is 2.76. The smallest absolute Gasteiger partial charge is 0.277 e. The van der Waals surface area contributed by atoms with Gasteiger partial charge >= 0.3 is 0 Å². The quantitative estimate of drug-likeness (QED) is 0.419. The molecule has 29 heavy (non-hydrogen) atoms. The van der Waals surface area contributed by atoms with E-state index < -0.39 is 0 Å². The van der Waals surface area contributed by atoms with Gasteiger partial charge in [0.1, 0.15) is 5.75 Å². The van der Waals surface area contributed by atoms with Gasteiger partial charge in [-0.3, -0.25) is 4.79 Å². The van der Waals surface area contributed by atoms with Crippen molar-refractivity contribution in [3.05, 3.63) is 56.5 Å². The summed E-state index contributed by atoms with van der Waals surface area (Å²) in [5.74, 6) is 0.754. The third kappa shape index (κ3) is 5.20. The van der Waals surface area contributed by atoms with Gasteiger partial charge in [0.05, 0.1) is 10.7 Å².